The van der Waals surface area contributed by atoms with Crippen molar-refractivity contribution >= 4 is 15.9 Å². The summed E-state index contributed by atoms with van der Waals surface area (Å²) in [6.45, 7) is 9.00. The van der Waals surface area contributed by atoms with E-state index in [-0.39, 0.29) is 17.3 Å². The molecule has 1 aromatic carbocycles. The average Bonchev–Trinajstić information content (AvgIpc) is 2.63. The molecule has 1 saturated heterocycles. The monoisotopic (exact) mass is 381 g/mol. The van der Waals surface area contributed by atoms with Gasteiger partial charge in [0, 0.05) is 32.7 Å². The van der Waals surface area contributed by atoms with E-state index in [4.69, 9.17) is 0 Å². The Morgan fingerprint density at radius 2 is 1.85 bits per heavy atom. The first-order valence-electron chi connectivity index (χ1n) is 9.42. The lowest BCUT2D eigenvalue weighted by Gasteiger charge is -2.30. The number of hydrogen-bond donors (Lipinski definition) is 1. The molecular formula is C19H31N3O3S. The molecule has 7 heteroatoms. The highest BCUT2D eigenvalue weighted by Crippen LogP contribution is 2.20. The van der Waals surface area contributed by atoms with Crippen LogP contribution in [0.4, 0.5) is 0 Å². The molecule has 6 nitrogen and oxygen atoms in total. The number of carbonyl (C=O) groups is 1. The van der Waals surface area contributed by atoms with Crippen molar-refractivity contribution in [2.24, 2.45) is 0 Å². The molecule has 146 valence electrons. The van der Waals surface area contributed by atoms with Crippen molar-refractivity contribution in [2.45, 2.75) is 44.9 Å². The second kappa shape index (κ2) is 9.48. The summed E-state index contributed by atoms with van der Waals surface area (Å²) in [6.07, 6.45) is 2.71. The molecule has 1 N–H and O–H groups in total. The van der Waals surface area contributed by atoms with Crippen LogP contribution in [0.2, 0.25) is 0 Å². The number of rotatable bonds is 8. The standard InChI is InChI=1S/C19H31N3O3S/c1-4-5-6-11-22(15-19(23)21-12-9-20-10-13-21)26(24,25)18-8-7-16(2)17(3)14-18/h7-8,14,20H,4-6,9-13,15H2,1-3H3. The van der Waals surface area contributed by atoms with E-state index >= 15 is 0 Å². The summed E-state index contributed by atoms with van der Waals surface area (Å²) >= 11 is 0. The van der Waals surface area contributed by atoms with Gasteiger partial charge in [0.1, 0.15) is 0 Å². The van der Waals surface area contributed by atoms with Crippen molar-refractivity contribution in [1.29, 1.82) is 0 Å². The van der Waals surface area contributed by atoms with Gasteiger partial charge in [-0.2, -0.15) is 4.31 Å². The highest BCUT2D eigenvalue weighted by Gasteiger charge is 2.28. The number of sulfonamides is 1. The molecule has 0 saturated carbocycles. The van der Waals surface area contributed by atoms with Crippen LogP contribution in [0, 0.1) is 13.8 Å². The Bertz CT molecular complexity index is 713. The van der Waals surface area contributed by atoms with E-state index < -0.39 is 10.0 Å². The highest BCUT2D eigenvalue weighted by molar-refractivity contribution is 7.89. The Labute approximate surface area is 157 Å². The zero-order valence-electron chi connectivity index (χ0n) is 16.1. The second-order valence-corrected chi connectivity index (χ2v) is 8.86. The van der Waals surface area contributed by atoms with Gasteiger partial charge in [-0.3, -0.25) is 4.79 Å². The smallest absolute Gasteiger partial charge is 0.243 e. The van der Waals surface area contributed by atoms with Crippen LogP contribution in [-0.2, 0) is 14.8 Å². The van der Waals surface area contributed by atoms with E-state index in [1.807, 2.05) is 19.9 Å². The zero-order chi connectivity index (χ0) is 19.2. The molecule has 0 bridgehead atoms. The molecule has 2 rings (SSSR count). The van der Waals surface area contributed by atoms with Crippen molar-refractivity contribution in [3.63, 3.8) is 0 Å². The molecule has 0 unspecified atom stereocenters. The summed E-state index contributed by atoms with van der Waals surface area (Å²) in [4.78, 5) is 14.7. The lowest BCUT2D eigenvalue weighted by Crippen LogP contribution is -2.50. The van der Waals surface area contributed by atoms with Gasteiger partial charge in [-0.25, -0.2) is 8.42 Å². The van der Waals surface area contributed by atoms with Gasteiger partial charge in [-0.15, -0.1) is 0 Å². The number of hydrogen-bond acceptors (Lipinski definition) is 4. The van der Waals surface area contributed by atoms with Gasteiger partial charge in [0.25, 0.3) is 0 Å². The number of amides is 1. The van der Waals surface area contributed by atoms with E-state index in [1.54, 1.807) is 17.0 Å². The molecule has 0 aromatic heterocycles. The van der Waals surface area contributed by atoms with E-state index in [0.29, 0.717) is 19.6 Å². The van der Waals surface area contributed by atoms with Crippen LogP contribution in [0.5, 0.6) is 0 Å². The molecule has 0 atom stereocenters. The maximum Gasteiger partial charge on any atom is 0.243 e. The molecule has 26 heavy (non-hydrogen) atoms. The quantitative estimate of drug-likeness (QED) is 0.699. The molecule has 0 aliphatic carbocycles. The van der Waals surface area contributed by atoms with Crippen molar-refractivity contribution in [2.75, 3.05) is 39.3 Å². The van der Waals surface area contributed by atoms with E-state index in [1.165, 1.54) is 4.31 Å². The Balaban J connectivity index is 2.20. The van der Waals surface area contributed by atoms with E-state index in [0.717, 1.165) is 43.5 Å². The third-order valence-corrected chi connectivity index (χ3v) is 6.75. The summed E-state index contributed by atoms with van der Waals surface area (Å²) in [6, 6.07) is 5.16. The largest absolute Gasteiger partial charge is 0.339 e. The summed E-state index contributed by atoms with van der Waals surface area (Å²) in [7, 11) is -3.68. The Kier molecular flexibility index (Phi) is 7.61. The summed E-state index contributed by atoms with van der Waals surface area (Å²) in [5, 5.41) is 3.21. The Hall–Kier alpha value is -1.44. The molecule has 1 aliphatic rings. The minimum Gasteiger partial charge on any atom is -0.339 e. The van der Waals surface area contributed by atoms with Crippen molar-refractivity contribution in [3.8, 4) is 0 Å². The Morgan fingerprint density at radius 1 is 1.15 bits per heavy atom. The lowest BCUT2D eigenvalue weighted by molar-refractivity contribution is -0.131. The highest BCUT2D eigenvalue weighted by atomic mass is 32.2. The molecule has 1 amide bonds. The van der Waals surface area contributed by atoms with Crippen LogP contribution < -0.4 is 5.32 Å². The van der Waals surface area contributed by atoms with Crippen molar-refractivity contribution < 1.29 is 13.2 Å². The normalized spacial score (nSPS) is 15.5. The summed E-state index contributed by atoms with van der Waals surface area (Å²) in [5.74, 6) is -0.115. The SMILES string of the molecule is CCCCCN(CC(=O)N1CCNCC1)S(=O)(=O)c1ccc(C)c(C)c1. The predicted octanol–water partition coefficient (Wildman–Crippen LogP) is 1.92. The number of piperazine rings is 1. The zero-order valence-corrected chi connectivity index (χ0v) is 16.9. The van der Waals surface area contributed by atoms with Crippen LogP contribution in [0.25, 0.3) is 0 Å². The molecule has 1 heterocycles. The topological polar surface area (TPSA) is 69.7 Å². The fourth-order valence-corrected chi connectivity index (χ4v) is 4.52. The summed E-state index contributed by atoms with van der Waals surface area (Å²) in [5.41, 5.74) is 1.99. The van der Waals surface area contributed by atoms with Gasteiger partial charge in [0.05, 0.1) is 11.4 Å². The molecule has 1 fully saturated rings. The molecule has 0 spiro atoms. The number of aryl methyl sites for hydroxylation is 2. The number of nitrogens with zero attached hydrogens (tertiary/aromatic N) is 2. The average molecular weight is 382 g/mol. The molecule has 1 aromatic rings. The number of benzene rings is 1. The maximum atomic E-state index is 13.2. The summed E-state index contributed by atoms with van der Waals surface area (Å²) < 4.78 is 27.7. The van der Waals surface area contributed by atoms with Crippen molar-refractivity contribution in [3.05, 3.63) is 29.3 Å². The first-order chi connectivity index (χ1) is 12.4. The first kappa shape index (κ1) is 20.9. The van der Waals surface area contributed by atoms with Gasteiger partial charge in [0.2, 0.25) is 15.9 Å². The van der Waals surface area contributed by atoms with Crippen molar-refractivity contribution in [1.82, 2.24) is 14.5 Å². The lowest BCUT2D eigenvalue weighted by atomic mass is 10.1. The minimum absolute atomic E-state index is 0.0844. The van der Waals surface area contributed by atoms with Crippen LogP contribution in [0.1, 0.15) is 37.3 Å². The number of unbranched alkanes of at least 4 members (excludes halogenated alkanes) is 2. The van der Waals surface area contributed by atoms with E-state index in [9.17, 15) is 13.2 Å². The third kappa shape index (κ3) is 5.28. The fraction of sp³-hybridized carbons (Fsp3) is 0.632. The predicted molar refractivity (Wildman–Crippen MR) is 104 cm³/mol. The molecular weight excluding hydrogens is 350 g/mol. The van der Waals surface area contributed by atoms with Crippen LogP contribution in [-0.4, -0.2) is 62.8 Å². The minimum atomic E-state index is -3.68. The van der Waals surface area contributed by atoms with Crippen LogP contribution in [0.3, 0.4) is 0 Å². The number of carbonyl (C=O) groups excluding carboxylic acids is 1. The van der Waals surface area contributed by atoms with E-state index in [2.05, 4.69) is 12.2 Å². The number of nitrogens with one attached hydrogen (secondary N) is 1. The first-order valence-corrected chi connectivity index (χ1v) is 10.9. The maximum absolute atomic E-state index is 13.2. The second-order valence-electron chi connectivity index (χ2n) is 6.92. The van der Waals surface area contributed by atoms with Crippen LogP contribution in [0.15, 0.2) is 23.1 Å². The fourth-order valence-electron chi connectivity index (χ4n) is 3.01. The Morgan fingerprint density at radius 3 is 2.46 bits per heavy atom. The van der Waals surface area contributed by atoms with Gasteiger partial charge in [-0.1, -0.05) is 25.8 Å². The van der Waals surface area contributed by atoms with Gasteiger partial charge in [-0.05, 0) is 43.5 Å². The van der Waals surface area contributed by atoms with Gasteiger partial charge in [0.15, 0.2) is 0 Å². The van der Waals surface area contributed by atoms with Crippen LogP contribution >= 0.6 is 0 Å². The van der Waals surface area contributed by atoms with Gasteiger partial charge < -0.3 is 10.2 Å². The third-order valence-electron chi connectivity index (χ3n) is 4.91. The van der Waals surface area contributed by atoms with Gasteiger partial charge >= 0.3 is 0 Å². The molecule has 0 radical (unpaired) electrons. The molecule has 1 aliphatic heterocycles.